The van der Waals surface area contributed by atoms with Gasteiger partial charge in [0.25, 0.3) is 5.91 Å². The van der Waals surface area contributed by atoms with Crippen LogP contribution in [0.5, 0.6) is 0 Å². The first-order valence-electron chi connectivity index (χ1n) is 9.86. The summed E-state index contributed by atoms with van der Waals surface area (Å²) in [5.74, 6) is -0.804. The lowest BCUT2D eigenvalue weighted by molar-refractivity contribution is -0.112. The Kier molecular flexibility index (Phi) is 6.91. The number of nitriles is 1. The minimum absolute atomic E-state index is 0.0215. The molecule has 0 radical (unpaired) electrons. The van der Waals surface area contributed by atoms with Gasteiger partial charge in [0.05, 0.1) is 5.75 Å². The molecule has 3 aromatic rings. The van der Waals surface area contributed by atoms with Crippen molar-refractivity contribution in [2.45, 2.75) is 32.0 Å². The SMILES string of the molecule is Cc1cc(/C=C(/C#N)C(=O)Nc2nnc(S(=O)(=O)CC(C)C)s2)c(C)n1-c1ccccc1. The summed E-state index contributed by atoms with van der Waals surface area (Å²) in [6, 6.07) is 13.6. The minimum atomic E-state index is -3.57. The Labute approximate surface area is 191 Å². The van der Waals surface area contributed by atoms with Gasteiger partial charge in [0, 0.05) is 17.1 Å². The molecule has 0 unspecified atom stereocenters. The Morgan fingerprint density at radius 3 is 2.56 bits per heavy atom. The van der Waals surface area contributed by atoms with Crippen molar-refractivity contribution in [3.8, 4) is 11.8 Å². The summed E-state index contributed by atoms with van der Waals surface area (Å²) in [5, 5.41) is 19.5. The van der Waals surface area contributed by atoms with Crippen LogP contribution in [0.25, 0.3) is 11.8 Å². The number of nitrogens with zero attached hydrogens (tertiary/aromatic N) is 4. The zero-order chi connectivity index (χ0) is 23.5. The van der Waals surface area contributed by atoms with Crippen molar-refractivity contribution in [2.24, 2.45) is 5.92 Å². The van der Waals surface area contributed by atoms with Crippen molar-refractivity contribution in [3.05, 3.63) is 58.9 Å². The van der Waals surface area contributed by atoms with Gasteiger partial charge in [-0.1, -0.05) is 43.4 Å². The third kappa shape index (κ3) is 5.12. The molecule has 166 valence electrons. The van der Waals surface area contributed by atoms with E-state index in [1.807, 2.05) is 60.9 Å². The normalized spacial score (nSPS) is 12.1. The van der Waals surface area contributed by atoms with Gasteiger partial charge in [0.1, 0.15) is 11.6 Å². The van der Waals surface area contributed by atoms with Crippen LogP contribution in [0.3, 0.4) is 0 Å². The van der Waals surface area contributed by atoms with E-state index in [1.54, 1.807) is 13.8 Å². The maximum atomic E-state index is 12.6. The first kappa shape index (κ1) is 23.4. The average molecular weight is 470 g/mol. The fourth-order valence-corrected chi connectivity index (χ4v) is 5.88. The molecule has 0 aliphatic rings. The van der Waals surface area contributed by atoms with Crippen LogP contribution >= 0.6 is 11.3 Å². The zero-order valence-corrected chi connectivity index (χ0v) is 19.8. The first-order valence-corrected chi connectivity index (χ1v) is 12.3. The van der Waals surface area contributed by atoms with Crippen LogP contribution in [-0.4, -0.2) is 34.8 Å². The Hall–Kier alpha value is -3.29. The van der Waals surface area contributed by atoms with E-state index in [-0.39, 0.29) is 26.7 Å². The summed E-state index contributed by atoms with van der Waals surface area (Å²) in [5.41, 5.74) is 3.43. The largest absolute Gasteiger partial charge is 0.318 e. The molecule has 8 nitrogen and oxygen atoms in total. The van der Waals surface area contributed by atoms with Crippen LogP contribution in [0.2, 0.25) is 0 Å². The molecular weight excluding hydrogens is 446 g/mol. The van der Waals surface area contributed by atoms with Crippen molar-refractivity contribution in [2.75, 3.05) is 11.1 Å². The van der Waals surface area contributed by atoms with E-state index in [1.165, 1.54) is 6.08 Å². The smallest absolute Gasteiger partial charge is 0.268 e. The van der Waals surface area contributed by atoms with E-state index in [2.05, 4.69) is 15.5 Å². The molecule has 0 fully saturated rings. The molecule has 3 rings (SSSR count). The van der Waals surface area contributed by atoms with E-state index in [4.69, 9.17) is 0 Å². The lowest BCUT2D eigenvalue weighted by atomic mass is 10.1. The lowest BCUT2D eigenvalue weighted by Gasteiger charge is -2.09. The van der Waals surface area contributed by atoms with Crippen molar-refractivity contribution in [1.82, 2.24) is 14.8 Å². The molecule has 32 heavy (non-hydrogen) atoms. The van der Waals surface area contributed by atoms with Crippen molar-refractivity contribution in [1.29, 1.82) is 5.26 Å². The maximum absolute atomic E-state index is 12.6. The zero-order valence-electron chi connectivity index (χ0n) is 18.2. The number of hydrogen-bond acceptors (Lipinski definition) is 7. The number of aryl methyl sites for hydroxylation is 1. The van der Waals surface area contributed by atoms with Gasteiger partial charge in [0.2, 0.25) is 19.3 Å². The second-order valence-corrected chi connectivity index (χ2v) is 10.9. The second-order valence-electron chi connectivity index (χ2n) is 7.67. The second kappa shape index (κ2) is 9.46. The lowest BCUT2D eigenvalue weighted by Crippen LogP contribution is -2.13. The van der Waals surface area contributed by atoms with Gasteiger partial charge in [-0.05, 0) is 49.6 Å². The van der Waals surface area contributed by atoms with Crippen LogP contribution in [0, 0.1) is 31.1 Å². The molecule has 1 aromatic carbocycles. The van der Waals surface area contributed by atoms with Gasteiger partial charge in [0.15, 0.2) is 0 Å². The predicted octanol–water partition coefficient (Wildman–Crippen LogP) is 3.92. The van der Waals surface area contributed by atoms with E-state index < -0.39 is 15.7 Å². The summed E-state index contributed by atoms with van der Waals surface area (Å²) in [6.45, 7) is 7.44. The molecule has 1 amide bonds. The summed E-state index contributed by atoms with van der Waals surface area (Å²) >= 11 is 0.768. The average Bonchev–Trinajstić information content (AvgIpc) is 3.30. The van der Waals surface area contributed by atoms with Gasteiger partial charge in [-0.15, -0.1) is 10.2 Å². The van der Waals surface area contributed by atoms with Crippen molar-refractivity contribution in [3.63, 3.8) is 0 Å². The van der Waals surface area contributed by atoms with Gasteiger partial charge < -0.3 is 4.57 Å². The number of carbonyl (C=O) groups is 1. The third-order valence-electron chi connectivity index (χ3n) is 4.60. The molecule has 0 bridgehead atoms. The molecule has 2 aromatic heterocycles. The fraction of sp³-hybridized carbons (Fsp3) is 0.273. The van der Waals surface area contributed by atoms with E-state index in [9.17, 15) is 18.5 Å². The molecule has 0 saturated heterocycles. The highest BCUT2D eigenvalue weighted by atomic mass is 32.2. The summed E-state index contributed by atoms with van der Waals surface area (Å²) in [6.07, 6.45) is 1.51. The minimum Gasteiger partial charge on any atom is -0.318 e. The van der Waals surface area contributed by atoms with Crippen molar-refractivity contribution < 1.29 is 13.2 Å². The van der Waals surface area contributed by atoms with Gasteiger partial charge in [-0.3, -0.25) is 10.1 Å². The molecule has 0 saturated carbocycles. The molecule has 0 aliphatic heterocycles. The fourth-order valence-electron chi connectivity index (χ4n) is 3.27. The third-order valence-corrected chi connectivity index (χ3v) is 7.96. The number of para-hydroxylation sites is 1. The summed E-state index contributed by atoms with van der Waals surface area (Å²) in [7, 11) is -3.57. The van der Waals surface area contributed by atoms with E-state index in [0.29, 0.717) is 0 Å². The number of benzene rings is 1. The number of carbonyl (C=O) groups excluding carboxylic acids is 1. The van der Waals surface area contributed by atoms with E-state index >= 15 is 0 Å². The van der Waals surface area contributed by atoms with Crippen LogP contribution in [0.15, 0.2) is 46.3 Å². The van der Waals surface area contributed by atoms with E-state index in [0.717, 1.165) is 34.0 Å². The molecule has 10 heteroatoms. The summed E-state index contributed by atoms with van der Waals surface area (Å²) < 4.78 is 26.5. The Balaban J connectivity index is 1.84. The van der Waals surface area contributed by atoms with Crippen LogP contribution < -0.4 is 5.32 Å². The predicted molar refractivity (Wildman–Crippen MR) is 124 cm³/mol. The quantitative estimate of drug-likeness (QED) is 0.318. The molecule has 0 aliphatic carbocycles. The number of nitrogens with one attached hydrogen (secondary N) is 1. The molecular formula is C22H23N5O3S2. The molecule has 0 atom stereocenters. The van der Waals surface area contributed by atoms with Gasteiger partial charge in [-0.25, -0.2) is 8.42 Å². The van der Waals surface area contributed by atoms with Gasteiger partial charge >= 0.3 is 0 Å². The number of anilines is 1. The van der Waals surface area contributed by atoms with Crippen LogP contribution in [0.4, 0.5) is 5.13 Å². The van der Waals surface area contributed by atoms with Crippen molar-refractivity contribution >= 4 is 38.3 Å². The van der Waals surface area contributed by atoms with Gasteiger partial charge in [-0.2, -0.15) is 5.26 Å². The number of rotatable bonds is 7. The monoisotopic (exact) mass is 469 g/mol. The Morgan fingerprint density at radius 2 is 1.94 bits per heavy atom. The highest BCUT2D eigenvalue weighted by molar-refractivity contribution is 7.93. The standard InChI is InChI=1S/C22H23N5O3S2/c1-14(2)13-32(29,30)22-26-25-21(31-22)24-20(28)18(12-23)11-17-10-15(3)27(16(17)4)19-8-6-5-7-9-19/h5-11,14H,13H2,1-4H3,(H,24,25,28)/b18-11-. The maximum Gasteiger partial charge on any atom is 0.268 e. The van der Waals surface area contributed by atoms with Crippen LogP contribution in [0.1, 0.15) is 30.8 Å². The summed E-state index contributed by atoms with van der Waals surface area (Å²) in [4.78, 5) is 12.6. The number of aromatic nitrogens is 3. The van der Waals surface area contributed by atoms with Crippen LogP contribution in [-0.2, 0) is 14.6 Å². The number of sulfone groups is 1. The topological polar surface area (TPSA) is 118 Å². The number of hydrogen-bond donors (Lipinski definition) is 1. The highest BCUT2D eigenvalue weighted by Crippen LogP contribution is 2.25. The Bertz CT molecular complexity index is 1310. The molecule has 1 N–H and O–H groups in total. The Morgan fingerprint density at radius 1 is 1.25 bits per heavy atom. The number of amides is 1. The highest BCUT2D eigenvalue weighted by Gasteiger charge is 2.23. The molecule has 0 spiro atoms. The molecule has 2 heterocycles. The first-order chi connectivity index (χ1) is 15.1.